The second kappa shape index (κ2) is 7.12. The van der Waals surface area contributed by atoms with Crippen molar-refractivity contribution in [2.45, 2.75) is 40.2 Å². The SMILES string of the molecule is CC(=O)Nc1ccc(C2CC(C(C)(C)C)=NN2c2ccc(Cl)cc2)cc1. The van der Waals surface area contributed by atoms with E-state index in [0.717, 1.165) is 23.4 Å². The van der Waals surface area contributed by atoms with Gasteiger partial charge in [0.15, 0.2) is 0 Å². The summed E-state index contributed by atoms with van der Waals surface area (Å²) in [6, 6.07) is 15.9. The lowest BCUT2D eigenvalue weighted by atomic mass is 9.86. The first-order chi connectivity index (χ1) is 12.2. The molecule has 0 bridgehead atoms. The van der Waals surface area contributed by atoms with Crippen molar-refractivity contribution < 1.29 is 4.79 Å². The molecule has 0 fully saturated rings. The minimum absolute atomic E-state index is 0.00948. The lowest BCUT2D eigenvalue weighted by Crippen LogP contribution is -2.19. The standard InChI is InChI=1S/C21H24ClN3O/c1-14(26)23-17-9-5-15(6-10-17)19-13-20(21(2,3)4)24-25(19)18-11-7-16(22)8-12-18/h5-12,19H,13H2,1-4H3,(H,23,26). The molecule has 2 aromatic carbocycles. The van der Waals surface area contributed by atoms with Gasteiger partial charge in [-0.05, 0) is 42.0 Å². The average molecular weight is 370 g/mol. The van der Waals surface area contributed by atoms with Crippen LogP contribution in [0.1, 0.15) is 45.7 Å². The lowest BCUT2D eigenvalue weighted by molar-refractivity contribution is -0.114. The van der Waals surface area contributed by atoms with E-state index in [1.54, 1.807) is 0 Å². The third-order valence-electron chi connectivity index (χ3n) is 4.48. The van der Waals surface area contributed by atoms with Gasteiger partial charge in [0.05, 0.1) is 11.7 Å². The number of hydrazone groups is 1. The molecule has 136 valence electrons. The summed E-state index contributed by atoms with van der Waals surface area (Å²) in [5, 5.41) is 10.5. The van der Waals surface area contributed by atoms with Crippen LogP contribution in [-0.2, 0) is 4.79 Å². The Balaban J connectivity index is 1.93. The first-order valence-corrected chi connectivity index (χ1v) is 9.12. The maximum Gasteiger partial charge on any atom is 0.221 e. The van der Waals surface area contributed by atoms with Crippen molar-refractivity contribution in [1.29, 1.82) is 0 Å². The van der Waals surface area contributed by atoms with Gasteiger partial charge in [0, 0.05) is 35.2 Å². The van der Waals surface area contributed by atoms with E-state index < -0.39 is 0 Å². The van der Waals surface area contributed by atoms with E-state index in [-0.39, 0.29) is 17.4 Å². The number of hydrogen-bond acceptors (Lipinski definition) is 3. The lowest BCUT2D eigenvalue weighted by Gasteiger charge is -2.24. The third kappa shape index (κ3) is 4.07. The molecule has 1 aliphatic heterocycles. The summed E-state index contributed by atoms with van der Waals surface area (Å²) in [5.74, 6) is -0.0697. The van der Waals surface area contributed by atoms with Crippen LogP contribution in [0.4, 0.5) is 11.4 Å². The minimum atomic E-state index is -0.0697. The maximum atomic E-state index is 11.2. The van der Waals surface area contributed by atoms with E-state index in [2.05, 4.69) is 43.2 Å². The number of carbonyl (C=O) groups excluding carboxylic acids is 1. The zero-order valence-electron chi connectivity index (χ0n) is 15.6. The van der Waals surface area contributed by atoms with Crippen molar-refractivity contribution in [2.75, 3.05) is 10.3 Å². The molecule has 1 N–H and O–H groups in total. The molecule has 0 saturated carbocycles. The molecule has 0 radical (unpaired) electrons. The van der Waals surface area contributed by atoms with Crippen LogP contribution in [0.15, 0.2) is 53.6 Å². The number of rotatable bonds is 3. The molecule has 1 aliphatic rings. The highest BCUT2D eigenvalue weighted by Gasteiger charge is 2.34. The topological polar surface area (TPSA) is 44.7 Å². The van der Waals surface area contributed by atoms with Crippen molar-refractivity contribution in [3.8, 4) is 0 Å². The van der Waals surface area contributed by atoms with Crippen LogP contribution in [0.5, 0.6) is 0 Å². The van der Waals surface area contributed by atoms with Crippen LogP contribution < -0.4 is 10.3 Å². The predicted molar refractivity (Wildman–Crippen MR) is 109 cm³/mol. The molecule has 1 amide bonds. The Labute approximate surface area is 159 Å². The van der Waals surface area contributed by atoms with Gasteiger partial charge >= 0.3 is 0 Å². The first-order valence-electron chi connectivity index (χ1n) is 8.74. The molecule has 3 rings (SSSR count). The summed E-state index contributed by atoms with van der Waals surface area (Å²) in [7, 11) is 0. The molecule has 5 heteroatoms. The molecular weight excluding hydrogens is 346 g/mol. The summed E-state index contributed by atoms with van der Waals surface area (Å²) in [5.41, 5.74) is 4.16. The van der Waals surface area contributed by atoms with Crippen LogP contribution in [0.3, 0.4) is 0 Å². The molecule has 2 aromatic rings. The van der Waals surface area contributed by atoms with Gasteiger partial charge in [-0.3, -0.25) is 9.80 Å². The number of halogens is 1. The fraction of sp³-hybridized carbons (Fsp3) is 0.333. The highest BCUT2D eigenvalue weighted by molar-refractivity contribution is 6.30. The van der Waals surface area contributed by atoms with E-state index in [0.29, 0.717) is 5.02 Å². The number of hydrogen-bond donors (Lipinski definition) is 1. The fourth-order valence-electron chi connectivity index (χ4n) is 3.05. The van der Waals surface area contributed by atoms with Gasteiger partial charge in [0.25, 0.3) is 0 Å². The number of nitrogens with one attached hydrogen (secondary N) is 1. The summed E-state index contributed by atoms with van der Waals surface area (Å²) in [4.78, 5) is 11.2. The molecule has 1 heterocycles. The highest BCUT2D eigenvalue weighted by atomic mass is 35.5. The number of nitrogens with zero attached hydrogens (tertiary/aromatic N) is 2. The van der Waals surface area contributed by atoms with Gasteiger partial charge < -0.3 is 5.32 Å². The smallest absolute Gasteiger partial charge is 0.221 e. The zero-order chi connectivity index (χ0) is 18.9. The molecule has 1 atom stereocenters. The molecule has 4 nitrogen and oxygen atoms in total. The number of amides is 1. The predicted octanol–water partition coefficient (Wildman–Crippen LogP) is 5.65. The van der Waals surface area contributed by atoms with Gasteiger partial charge in [0.2, 0.25) is 5.91 Å². The molecule has 0 aliphatic carbocycles. The van der Waals surface area contributed by atoms with Gasteiger partial charge in [0.1, 0.15) is 0 Å². The largest absolute Gasteiger partial charge is 0.326 e. The van der Waals surface area contributed by atoms with Gasteiger partial charge in [-0.2, -0.15) is 5.10 Å². The van der Waals surface area contributed by atoms with Crippen molar-refractivity contribution in [3.05, 3.63) is 59.1 Å². The third-order valence-corrected chi connectivity index (χ3v) is 4.74. The Bertz CT molecular complexity index is 820. The minimum Gasteiger partial charge on any atom is -0.326 e. The van der Waals surface area contributed by atoms with E-state index in [1.165, 1.54) is 12.6 Å². The Kier molecular flexibility index (Phi) is 5.05. The number of benzene rings is 2. The summed E-state index contributed by atoms with van der Waals surface area (Å²) in [6.45, 7) is 8.08. The van der Waals surface area contributed by atoms with Crippen LogP contribution in [0.25, 0.3) is 0 Å². The average Bonchev–Trinajstić information content (AvgIpc) is 3.01. The Morgan fingerprint density at radius 3 is 2.27 bits per heavy atom. The van der Waals surface area contributed by atoms with Crippen LogP contribution in [0.2, 0.25) is 5.02 Å². The second-order valence-corrected chi connectivity index (χ2v) is 8.08. The molecule has 26 heavy (non-hydrogen) atoms. The van der Waals surface area contributed by atoms with Gasteiger partial charge in [-0.1, -0.05) is 44.5 Å². The van der Waals surface area contributed by atoms with Crippen molar-refractivity contribution in [2.24, 2.45) is 10.5 Å². The molecule has 0 saturated heterocycles. The Hall–Kier alpha value is -2.33. The second-order valence-electron chi connectivity index (χ2n) is 7.64. The van der Waals surface area contributed by atoms with Gasteiger partial charge in [-0.15, -0.1) is 0 Å². The quantitative estimate of drug-likeness (QED) is 0.759. The summed E-state index contributed by atoms with van der Waals surface area (Å²) in [6.07, 6.45) is 0.867. The van der Waals surface area contributed by atoms with Crippen molar-refractivity contribution in [3.63, 3.8) is 0 Å². The monoisotopic (exact) mass is 369 g/mol. The first kappa shape index (κ1) is 18.5. The molecule has 0 spiro atoms. The van der Waals surface area contributed by atoms with Crippen molar-refractivity contribution in [1.82, 2.24) is 0 Å². The maximum absolute atomic E-state index is 11.2. The van der Waals surface area contributed by atoms with Crippen LogP contribution in [-0.4, -0.2) is 11.6 Å². The van der Waals surface area contributed by atoms with Crippen molar-refractivity contribution >= 4 is 34.6 Å². The normalized spacial score (nSPS) is 17.2. The number of carbonyl (C=O) groups is 1. The van der Waals surface area contributed by atoms with E-state index in [4.69, 9.17) is 16.7 Å². The van der Waals surface area contributed by atoms with Gasteiger partial charge in [-0.25, -0.2) is 0 Å². The van der Waals surface area contributed by atoms with Crippen LogP contribution >= 0.6 is 11.6 Å². The fourth-order valence-corrected chi connectivity index (χ4v) is 3.17. The zero-order valence-corrected chi connectivity index (χ0v) is 16.3. The summed E-state index contributed by atoms with van der Waals surface area (Å²) < 4.78 is 0. The highest BCUT2D eigenvalue weighted by Crippen LogP contribution is 2.39. The Morgan fingerprint density at radius 1 is 1.12 bits per heavy atom. The summed E-state index contributed by atoms with van der Waals surface area (Å²) >= 11 is 6.04. The molecule has 1 unspecified atom stereocenters. The Morgan fingerprint density at radius 2 is 1.73 bits per heavy atom. The molecular formula is C21H24ClN3O. The van der Waals surface area contributed by atoms with E-state index >= 15 is 0 Å². The number of anilines is 2. The van der Waals surface area contributed by atoms with Crippen LogP contribution in [0, 0.1) is 5.41 Å². The molecule has 0 aromatic heterocycles. The van der Waals surface area contributed by atoms with E-state index in [1.807, 2.05) is 36.4 Å². The van der Waals surface area contributed by atoms with E-state index in [9.17, 15) is 4.79 Å².